The standard InChI is InChI=1S/C16H18N2O3S2/c1-3-22-16-7-5-4-6-15(16)18-23(20,21)14-10-8-13(9-11-14)17-12(2)19/h4-11,18H,3H2,1-2H3,(H,17,19). The zero-order valence-electron chi connectivity index (χ0n) is 12.9. The van der Waals surface area contributed by atoms with E-state index in [9.17, 15) is 13.2 Å². The Morgan fingerprint density at radius 1 is 1.09 bits per heavy atom. The van der Waals surface area contributed by atoms with Crippen LogP contribution in [-0.2, 0) is 14.8 Å². The van der Waals surface area contributed by atoms with Gasteiger partial charge in [-0.2, -0.15) is 0 Å². The second kappa shape index (κ2) is 7.52. The molecule has 2 aromatic rings. The Labute approximate surface area is 140 Å². The number of rotatable bonds is 6. The van der Waals surface area contributed by atoms with Gasteiger partial charge in [-0.25, -0.2) is 8.42 Å². The predicted molar refractivity (Wildman–Crippen MR) is 94.4 cm³/mol. The molecule has 5 nitrogen and oxygen atoms in total. The molecule has 23 heavy (non-hydrogen) atoms. The molecule has 0 bridgehead atoms. The zero-order chi connectivity index (χ0) is 16.9. The van der Waals surface area contributed by atoms with Gasteiger partial charge in [0, 0.05) is 17.5 Å². The molecule has 0 aliphatic rings. The fraction of sp³-hybridized carbons (Fsp3) is 0.188. The summed E-state index contributed by atoms with van der Waals surface area (Å²) in [5.41, 5.74) is 1.11. The fourth-order valence-electron chi connectivity index (χ4n) is 1.96. The summed E-state index contributed by atoms with van der Waals surface area (Å²) >= 11 is 1.57. The van der Waals surface area contributed by atoms with Gasteiger partial charge in [0.2, 0.25) is 5.91 Å². The number of benzene rings is 2. The molecule has 0 heterocycles. The van der Waals surface area contributed by atoms with Crippen molar-refractivity contribution in [3.05, 3.63) is 48.5 Å². The SMILES string of the molecule is CCSc1ccccc1NS(=O)(=O)c1ccc(NC(C)=O)cc1. The third-order valence-corrected chi connectivity index (χ3v) is 5.25. The molecule has 0 spiro atoms. The largest absolute Gasteiger partial charge is 0.326 e. The summed E-state index contributed by atoms with van der Waals surface area (Å²) in [5, 5.41) is 2.60. The highest BCUT2D eigenvalue weighted by Gasteiger charge is 2.16. The second-order valence-electron chi connectivity index (χ2n) is 4.74. The second-order valence-corrected chi connectivity index (χ2v) is 7.73. The van der Waals surface area contributed by atoms with Crippen LogP contribution in [0.25, 0.3) is 0 Å². The Morgan fingerprint density at radius 3 is 2.35 bits per heavy atom. The van der Waals surface area contributed by atoms with E-state index in [0.29, 0.717) is 11.4 Å². The van der Waals surface area contributed by atoms with E-state index in [2.05, 4.69) is 10.0 Å². The molecule has 0 saturated carbocycles. The molecule has 2 N–H and O–H groups in total. The third kappa shape index (κ3) is 4.74. The topological polar surface area (TPSA) is 75.3 Å². The third-order valence-electron chi connectivity index (χ3n) is 2.92. The number of carbonyl (C=O) groups excluding carboxylic acids is 1. The van der Waals surface area contributed by atoms with E-state index in [1.54, 1.807) is 36.0 Å². The average molecular weight is 350 g/mol. The number of hydrogen-bond acceptors (Lipinski definition) is 4. The summed E-state index contributed by atoms with van der Waals surface area (Å²) in [6.07, 6.45) is 0. The van der Waals surface area contributed by atoms with Crippen molar-refractivity contribution in [1.82, 2.24) is 0 Å². The molecular weight excluding hydrogens is 332 g/mol. The molecule has 0 aromatic heterocycles. The Kier molecular flexibility index (Phi) is 5.68. The molecular formula is C16H18N2O3S2. The molecule has 0 saturated heterocycles. The average Bonchev–Trinajstić information content (AvgIpc) is 2.49. The maximum absolute atomic E-state index is 12.5. The summed E-state index contributed by atoms with van der Waals surface area (Å²) in [7, 11) is -3.68. The minimum absolute atomic E-state index is 0.142. The number of anilines is 2. The van der Waals surface area contributed by atoms with Gasteiger partial charge in [0.1, 0.15) is 0 Å². The number of sulfonamides is 1. The van der Waals surface area contributed by atoms with Crippen LogP contribution in [0.15, 0.2) is 58.3 Å². The van der Waals surface area contributed by atoms with Crippen molar-refractivity contribution in [3.63, 3.8) is 0 Å². The minimum Gasteiger partial charge on any atom is -0.326 e. The number of carbonyl (C=O) groups is 1. The van der Waals surface area contributed by atoms with Crippen molar-refractivity contribution >= 4 is 39.1 Å². The molecule has 1 amide bonds. The number of hydrogen-bond donors (Lipinski definition) is 2. The van der Waals surface area contributed by atoms with Crippen LogP contribution in [0, 0.1) is 0 Å². The lowest BCUT2D eigenvalue weighted by molar-refractivity contribution is -0.114. The number of nitrogens with one attached hydrogen (secondary N) is 2. The minimum atomic E-state index is -3.68. The molecule has 0 aliphatic heterocycles. The van der Waals surface area contributed by atoms with Crippen molar-refractivity contribution in [1.29, 1.82) is 0 Å². The van der Waals surface area contributed by atoms with E-state index in [-0.39, 0.29) is 10.8 Å². The van der Waals surface area contributed by atoms with Crippen LogP contribution in [0.2, 0.25) is 0 Å². The van der Waals surface area contributed by atoms with E-state index in [1.165, 1.54) is 19.1 Å². The first-order valence-electron chi connectivity index (χ1n) is 7.04. The van der Waals surface area contributed by atoms with Crippen LogP contribution in [0.1, 0.15) is 13.8 Å². The normalized spacial score (nSPS) is 11.0. The zero-order valence-corrected chi connectivity index (χ0v) is 14.5. The molecule has 7 heteroatoms. The summed E-state index contributed by atoms with van der Waals surface area (Å²) in [6.45, 7) is 3.41. The highest BCUT2D eigenvalue weighted by Crippen LogP contribution is 2.28. The lowest BCUT2D eigenvalue weighted by Crippen LogP contribution is -2.14. The van der Waals surface area contributed by atoms with E-state index in [1.807, 2.05) is 19.1 Å². The molecule has 0 unspecified atom stereocenters. The van der Waals surface area contributed by atoms with Gasteiger partial charge in [-0.3, -0.25) is 9.52 Å². The predicted octanol–water partition coefficient (Wildman–Crippen LogP) is 3.56. The lowest BCUT2D eigenvalue weighted by Gasteiger charge is -2.12. The first kappa shape index (κ1) is 17.4. The van der Waals surface area contributed by atoms with Gasteiger partial charge in [-0.05, 0) is 42.2 Å². The number of thioether (sulfide) groups is 1. The summed E-state index contributed by atoms with van der Waals surface area (Å²) in [4.78, 5) is 12.0. The summed E-state index contributed by atoms with van der Waals surface area (Å²) < 4.78 is 27.6. The maximum Gasteiger partial charge on any atom is 0.261 e. The van der Waals surface area contributed by atoms with Gasteiger partial charge in [-0.1, -0.05) is 19.1 Å². The Morgan fingerprint density at radius 2 is 1.74 bits per heavy atom. The van der Waals surface area contributed by atoms with Crippen molar-refractivity contribution in [3.8, 4) is 0 Å². The van der Waals surface area contributed by atoms with E-state index < -0.39 is 10.0 Å². The highest BCUT2D eigenvalue weighted by molar-refractivity contribution is 7.99. The number of amides is 1. The van der Waals surface area contributed by atoms with Gasteiger partial charge >= 0.3 is 0 Å². The van der Waals surface area contributed by atoms with Crippen molar-refractivity contribution in [2.45, 2.75) is 23.6 Å². The molecule has 0 atom stereocenters. The van der Waals surface area contributed by atoms with Crippen LogP contribution < -0.4 is 10.0 Å². The highest BCUT2D eigenvalue weighted by atomic mass is 32.2. The summed E-state index contributed by atoms with van der Waals surface area (Å²) in [6, 6.07) is 13.3. The molecule has 2 rings (SSSR count). The molecule has 0 aliphatic carbocycles. The van der Waals surface area contributed by atoms with E-state index in [0.717, 1.165) is 10.6 Å². The van der Waals surface area contributed by atoms with Gasteiger partial charge < -0.3 is 5.32 Å². The summed E-state index contributed by atoms with van der Waals surface area (Å²) in [5.74, 6) is 0.647. The monoisotopic (exact) mass is 350 g/mol. The maximum atomic E-state index is 12.5. The van der Waals surface area contributed by atoms with Crippen LogP contribution in [0.5, 0.6) is 0 Å². The van der Waals surface area contributed by atoms with Crippen molar-refractivity contribution in [2.24, 2.45) is 0 Å². The molecule has 0 fully saturated rings. The van der Waals surface area contributed by atoms with Crippen molar-refractivity contribution < 1.29 is 13.2 Å². The van der Waals surface area contributed by atoms with Gasteiger partial charge in [0.05, 0.1) is 10.6 Å². The molecule has 0 radical (unpaired) electrons. The molecule has 2 aromatic carbocycles. The fourth-order valence-corrected chi connectivity index (χ4v) is 3.86. The van der Waals surface area contributed by atoms with Crippen LogP contribution in [0.4, 0.5) is 11.4 Å². The quantitative estimate of drug-likeness (QED) is 0.781. The van der Waals surface area contributed by atoms with Gasteiger partial charge in [0.15, 0.2) is 0 Å². The first-order valence-corrected chi connectivity index (χ1v) is 9.51. The van der Waals surface area contributed by atoms with Crippen LogP contribution in [-0.4, -0.2) is 20.1 Å². The lowest BCUT2D eigenvalue weighted by atomic mass is 10.3. The number of para-hydroxylation sites is 1. The Balaban J connectivity index is 2.23. The Bertz CT molecular complexity index is 787. The van der Waals surface area contributed by atoms with Gasteiger partial charge in [-0.15, -0.1) is 11.8 Å². The Hall–Kier alpha value is -1.99. The van der Waals surface area contributed by atoms with Crippen molar-refractivity contribution in [2.75, 3.05) is 15.8 Å². The smallest absolute Gasteiger partial charge is 0.261 e. The van der Waals surface area contributed by atoms with Crippen LogP contribution in [0.3, 0.4) is 0 Å². The van der Waals surface area contributed by atoms with E-state index >= 15 is 0 Å². The van der Waals surface area contributed by atoms with Gasteiger partial charge in [0.25, 0.3) is 10.0 Å². The first-order chi connectivity index (χ1) is 10.9. The molecule has 122 valence electrons. The van der Waals surface area contributed by atoms with Crippen LogP contribution >= 0.6 is 11.8 Å². The van der Waals surface area contributed by atoms with E-state index in [4.69, 9.17) is 0 Å².